The molecule has 1 N–H and O–H groups in total. The molecule has 0 aliphatic carbocycles. The van der Waals surface area contributed by atoms with Crippen molar-refractivity contribution in [3.63, 3.8) is 0 Å². The monoisotopic (exact) mass is 281 g/mol. The maximum absolute atomic E-state index is 4.57. The van der Waals surface area contributed by atoms with Gasteiger partial charge in [-0.2, -0.15) is 0 Å². The standard InChI is InChI=1S/C12H16BrN3/c1-8-4-10(13)6-15-12(8)16-3-2-9-5-14-7-11(9)16/h4,6,9,11,14H,2-3,5,7H2,1H3/t9-,11+/m0/s1. The Bertz CT molecular complexity index is 407. The van der Waals surface area contributed by atoms with E-state index in [-0.39, 0.29) is 0 Å². The molecule has 0 radical (unpaired) electrons. The van der Waals surface area contributed by atoms with Crippen molar-refractivity contribution in [2.24, 2.45) is 5.92 Å². The molecule has 0 saturated carbocycles. The predicted octanol–water partition coefficient (Wildman–Crippen LogP) is 1.95. The number of nitrogens with one attached hydrogen (secondary N) is 1. The average molecular weight is 282 g/mol. The molecule has 0 bridgehead atoms. The van der Waals surface area contributed by atoms with Crippen molar-refractivity contribution in [2.75, 3.05) is 24.5 Å². The van der Waals surface area contributed by atoms with Crippen LogP contribution in [0.3, 0.4) is 0 Å². The number of hydrogen-bond acceptors (Lipinski definition) is 3. The van der Waals surface area contributed by atoms with Gasteiger partial charge in [0.2, 0.25) is 0 Å². The average Bonchev–Trinajstić information content (AvgIpc) is 2.80. The summed E-state index contributed by atoms with van der Waals surface area (Å²) in [6.07, 6.45) is 3.20. The van der Waals surface area contributed by atoms with Crippen LogP contribution in [0.4, 0.5) is 5.82 Å². The lowest BCUT2D eigenvalue weighted by molar-refractivity contribution is 0.577. The zero-order valence-electron chi connectivity index (χ0n) is 9.41. The number of aromatic nitrogens is 1. The molecule has 2 atom stereocenters. The molecule has 1 aromatic rings. The van der Waals surface area contributed by atoms with Gasteiger partial charge < -0.3 is 10.2 Å². The Morgan fingerprint density at radius 2 is 2.38 bits per heavy atom. The molecule has 3 nitrogen and oxygen atoms in total. The number of nitrogens with zero attached hydrogens (tertiary/aromatic N) is 2. The summed E-state index contributed by atoms with van der Waals surface area (Å²) in [4.78, 5) is 7.05. The van der Waals surface area contributed by atoms with E-state index < -0.39 is 0 Å². The van der Waals surface area contributed by atoms with Gasteiger partial charge in [-0.3, -0.25) is 0 Å². The van der Waals surface area contributed by atoms with Gasteiger partial charge in [0.15, 0.2) is 0 Å². The Morgan fingerprint density at radius 3 is 3.19 bits per heavy atom. The van der Waals surface area contributed by atoms with Crippen molar-refractivity contribution in [1.29, 1.82) is 0 Å². The Kier molecular flexibility index (Phi) is 2.64. The minimum absolute atomic E-state index is 0.660. The summed E-state index contributed by atoms with van der Waals surface area (Å²) >= 11 is 3.47. The Morgan fingerprint density at radius 1 is 1.50 bits per heavy atom. The molecular formula is C12H16BrN3. The first kappa shape index (κ1) is 10.5. The van der Waals surface area contributed by atoms with Gasteiger partial charge in [-0.15, -0.1) is 0 Å². The van der Waals surface area contributed by atoms with E-state index in [1.165, 1.54) is 24.3 Å². The van der Waals surface area contributed by atoms with E-state index in [4.69, 9.17) is 0 Å². The smallest absolute Gasteiger partial charge is 0.131 e. The molecule has 16 heavy (non-hydrogen) atoms. The van der Waals surface area contributed by atoms with Crippen molar-refractivity contribution in [1.82, 2.24) is 10.3 Å². The fourth-order valence-electron chi connectivity index (χ4n) is 2.95. The highest BCUT2D eigenvalue weighted by atomic mass is 79.9. The van der Waals surface area contributed by atoms with E-state index in [0.29, 0.717) is 6.04 Å². The lowest BCUT2D eigenvalue weighted by Crippen LogP contribution is -2.35. The van der Waals surface area contributed by atoms with Crippen LogP contribution in [-0.4, -0.2) is 30.7 Å². The lowest BCUT2D eigenvalue weighted by Gasteiger charge is -2.26. The zero-order chi connectivity index (χ0) is 11.1. The zero-order valence-corrected chi connectivity index (χ0v) is 11.0. The highest BCUT2D eigenvalue weighted by Gasteiger charge is 2.38. The number of fused-ring (bicyclic) bond motifs is 1. The summed E-state index contributed by atoms with van der Waals surface area (Å²) in [6, 6.07) is 2.81. The van der Waals surface area contributed by atoms with E-state index in [1.807, 2.05) is 6.20 Å². The Balaban J connectivity index is 1.92. The van der Waals surface area contributed by atoms with Gasteiger partial charge >= 0.3 is 0 Å². The van der Waals surface area contributed by atoms with E-state index in [9.17, 15) is 0 Å². The molecule has 2 aliphatic rings. The van der Waals surface area contributed by atoms with Crippen molar-refractivity contribution < 1.29 is 0 Å². The molecular weight excluding hydrogens is 266 g/mol. The molecule has 1 aromatic heterocycles. The van der Waals surface area contributed by atoms with Crippen LogP contribution in [0.25, 0.3) is 0 Å². The second-order valence-electron chi connectivity index (χ2n) is 4.76. The van der Waals surface area contributed by atoms with Gasteiger partial charge in [0.1, 0.15) is 5.82 Å². The second-order valence-corrected chi connectivity index (χ2v) is 5.68. The van der Waals surface area contributed by atoms with Crippen LogP contribution in [0.5, 0.6) is 0 Å². The van der Waals surface area contributed by atoms with Gasteiger partial charge in [0.05, 0.1) is 0 Å². The topological polar surface area (TPSA) is 28.2 Å². The maximum atomic E-state index is 4.57. The van der Waals surface area contributed by atoms with Crippen LogP contribution < -0.4 is 10.2 Å². The summed E-state index contributed by atoms with van der Waals surface area (Å²) in [5, 5.41) is 3.48. The Labute approximate surface area is 104 Å². The third kappa shape index (κ3) is 1.64. The van der Waals surface area contributed by atoms with Crippen LogP contribution in [0.1, 0.15) is 12.0 Å². The number of hydrogen-bond donors (Lipinski definition) is 1. The van der Waals surface area contributed by atoms with Gasteiger partial charge in [-0.1, -0.05) is 0 Å². The molecule has 0 aromatic carbocycles. The van der Waals surface area contributed by atoms with Gasteiger partial charge in [-0.05, 0) is 46.8 Å². The van der Waals surface area contributed by atoms with Crippen LogP contribution in [-0.2, 0) is 0 Å². The van der Waals surface area contributed by atoms with E-state index in [2.05, 4.69) is 44.1 Å². The molecule has 2 saturated heterocycles. The molecule has 0 amide bonds. The van der Waals surface area contributed by atoms with Crippen molar-refractivity contribution >= 4 is 21.7 Å². The van der Waals surface area contributed by atoms with E-state index >= 15 is 0 Å². The van der Waals surface area contributed by atoms with Gasteiger partial charge in [0, 0.05) is 36.3 Å². The summed E-state index contributed by atoms with van der Waals surface area (Å²) in [5.74, 6) is 1.99. The number of anilines is 1. The van der Waals surface area contributed by atoms with Crippen molar-refractivity contribution in [2.45, 2.75) is 19.4 Å². The van der Waals surface area contributed by atoms with Crippen LogP contribution >= 0.6 is 15.9 Å². The summed E-state index contributed by atoms with van der Waals surface area (Å²) < 4.78 is 1.06. The van der Waals surface area contributed by atoms with Crippen molar-refractivity contribution in [3.05, 3.63) is 22.3 Å². The summed E-state index contributed by atoms with van der Waals surface area (Å²) in [6.45, 7) is 5.59. The summed E-state index contributed by atoms with van der Waals surface area (Å²) in [7, 11) is 0. The second kappa shape index (κ2) is 4.00. The van der Waals surface area contributed by atoms with E-state index in [0.717, 1.165) is 23.5 Å². The maximum Gasteiger partial charge on any atom is 0.131 e. The summed E-state index contributed by atoms with van der Waals surface area (Å²) in [5.41, 5.74) is 1.27. The largest absolute Gasteiger partial charge is 0.352 e. The highest BCUT2D eigenvalue weighted by molar-refractivity contribution is 9.10. The number of pyridine rings is 1. The van der Waals surface area contributed by atoms with Crippen molar-refractivity contribution in [3.8, 4) is 0 Å². The minimum Gasteiger partial charge on any atom is -0.352 e. The number of aryl methyl sites for hydroxylation is 1. The fraction of sp³-hybridized carbons (Fsp3) is 0.583. The lowest BCUT2D eigenvalue weighted by atomic mass is 10.1. The third-order valence-corrected chi connectivity index (χ3v) is 4.17. The van der Waals surface area contributed by atoms with Crippen LogP contribution in [0, 0.1) is 12.8 Å². The number of halogens is 1. The SMILES string of the molecule is Cc1cc(Br)cnc1N1CC[C@H]2CNC[C@H]21. The Hall–Kier alpha value is -0.610. The third-order valence-electron chi connectivity index (χ3n) is 3.73. The number of rotatable bonds is 1. The quantitative estimate of drug-likeness (QED) is 0.853. The van der Waals surface area contributed by atoms with Crippen LogP contribution in [0.15, 0.2) is 16.7 Å². The molecule has 3 heterocycles. The predicted molar refractivity (Wildman–Crippen MR) is 68.8 cm³/mol. The van der Waals surface area contributed by atoms with Gasteiger partial charge in [-0.25, -0.2) is 4.98 Å². The first-order chi connectivity index (χ1) is 7.75. The molecule has 86 valence electrons. The minimum atomic E-state index is 0.660. The fourth-order valence-corrected chi connectivity index (χ4v) is 3.39. The molecule has 4 heteroatoms. The molecule has 0 spiro atoms. The van der Waals surface area contributed by atoms with Crippen LogP contribution in [0.2, 0.25) is 0 Å². The molecule has 3 rings (SSSR count). The van der Waals surface area contributed by atoms with E-state index in [1.54, 1.807) is 0 Å². The highest BCUT2D eigenvalue weighted by Crippen LogP contribution is 2.32. The first-order valence-electron chi connectivity index (χ1n) is 5.85. The van der Waals surface area contributed by atoms with Gasteiger partial charge in [0.25, 0.3) is 0 Å². The molecule has 2 aliphatic heterocycles. The molecule has 2 fully saturated rings. The normalized spacial score (nSPS) is 28.5. The first-order valence-corrected chi connectivity index (χ1v) is 6.64. The molecule has 0 unspecified atom stereocenters.